The van der Waals surface area contributed by atoms with E-state index in [1.165, 1.54) is 6.07 Å². The summed E-state index contributed by atoms with van der Waals surface area (Å²) in [7, 11) is 1.99. The van der Waals surface area contributed by atoms with E-state index in [2.05, 4.69) is 4.74 Å². The third kappa shape index (κ3) is 5.14. The molecule has 0 fully saturated rings. The highest BCUT2D eigenvalue weighted by Gasteiger charge is 2.40. The van der Waals surface area contributed by atoms with E-state index in [1.54, 1.807) is 24.3 Å². The molecule has 3 aromatic rings. The molecule has 0 aliphatic carbocycles. The summed E-state index contributed by atoms with van der Waals surface area (Å²) in [5.74, 6) is -7.47. The van der Waals surface area contributed by atoms with Crippen LogP contribution in [0.25, 0.3) is 11.1 Å². The zero-order chi connectivity index (χ0) is 22.6. The lowest BCUT2D eigenvalue weighted by Crippen LogP contribution is -2.29. The number of ether oxygens (including phenoxy) is 1. The molecule has 0 aromatic heterocycles. The maximum Gasteiger partial charge on any atom is 0.430 e. The number of rotatable bonds is 4. The number of hydrogen-bond donors (Lipinski definition) is 0. The van der Waals surface area contributed by atoms with Gasteiger partial charge in [0.2, 0.25) is 0 Å². The van der Waals surface area contributed by atoms with E-state index >= 15 is 0 Å². The number of halogens is 6. The Morgan fingerprint density at radius 3 is 1.80 bits per heavy atom. The third-order valence-electron chi connectivity index (χ3n) is 4.00. The Hall–Kier alpha value is -2.53. The van der Waals surface area contributed by atoms with Crippen molar-refractivity contribution in [3.8, 4) is 16.9 Å². The quantitative estimate of drug-likeness (QED) is 0.242. The lowest BCUT2D eigenvalue weighted by atomic mass is 10.0. The van der Waals surface area contributed by atoms with E-state index < -0.39 is 40.7 Å². The zero-order valence-electron chi connectivity index (χ0n) is 16.4. The highest BCUT2D eigenvalue weighted by atomic mass is 31.0. The lowest BCUT2D eigenvalue weighted by Gasteiger charge is -2.21. The Bertz CT molecular complexity index is 988. The van der Waals surface area contributed by atoms with Crippen LogP contribution in [0.2, 0.25) is 0 Å². The zero-order valence-corrected chi connectivity index (χ0v) is 17.5. The van der Waals surface area contributed by atoms with Crippen molar-refractivity contribution in [3.05, 3.63) is 82.9 Å². The van der Waals surface area contributed by atoms with Crippen LogP contribution in [-0.2, 0) is 6.11 Å². The molecule has 3 aromatic carbocycles. The number of hydrogen-bond acceptors (Lipinski definition) is 1. The van der Waals surface area contributed by atoms with Gasteiger partial charge in [0.15, 0.2) is 17.5 Å². The van der Waals surface area contributed by atoms with Crippen LogP contribution in [-0.4, -0.2) is 0 Å². The molecule has 8 heteroatoms. The standard InChI is InChI=1S/C20H13F6OP.C2H6/c1-10-2-4-11(5-3-10)12-6-14(21)18(17(28)7-12)20(25,26)27-13-8-15(22)19(24)16(23)9-13;1-2/h2-9H,28H2,1H3;1-2H3. The molecule has 30 heavy (non-hydrogen) atoms. The van der Waals surface area contributed by atoms with E-state index in [1.807, 2.05) is 30.0 Å². The van der Waals surface area contributed by atoms with Crippen molar-refractivity contribution in [3.63, 3.8) is 0 Å². The summed E-state index contributed by atoms with van der Waals surface area (Å²) >= 11 is 0. The molecule has 0 spiro atoms. The highest BCUT2D eigenvalue weighted by Crippen LogP contribution is 2.35. The molecule has 0 saturated carbocycles. The van der Waals surface area contributed by atoms with Crippen LogP contribution in [0.4, 0.5) is 26.3 Å². The fraction of sp³-hybridized carbons (Fsp3) is 0.182. The normalized spacial score (nSPS) is 11.0. The molecular formula is C22H19F6OP. The summed E-state index contributed by atoms with van der Waals surface area (Å²) in [6, 6.07) is 9.76. The average Bonchev–Trinajstić information content (AvgIpc) is 2.67. The molecule has 1 unspecified atom stereocenters. The summed E-state index contributed by atoms with van der Waals surface area (Å²) in [6.07, 6.45) is -4.26. The van der Waals surface area contributed by atoms with Gasteiger partial charge in [-0.25, -0.2) is 17.6 Å². The molecule has 1 nitrogen and oxygen atoms in total. The van der Waals surface area contributed by atoms with E-state index in [4.69, 9.17) is 0 Å². The van der Waals surface area contributed by atoms with Crippen LogP contribution in [0, 0.1) is 30.2 Å². The van der Waals surface area contributed by atoms with Gasteiger partial charge in [-0.3, -0.25) is 0 Å². The van der Waals surface area contributed by atoms with Crippen molar-refractivity contribution in [2.24, 2.45) is 0 Å². The molecule has 0 amide bonds. The van der Waals surface area contributed by atoms with Gasteiger partial charge >= 0.3 is 6.11 Å². The monoisotopic (exact) mass is 444 g/mol. The Balaban J connectivity index is 0.00000155. The fourth-order valence-corrected chi connectivity index (χ4v) is 3.12. The van der Waals surface area contributed by atoms with Gasteiger partial charge in [-0.1, -0.05) is 43.7 Å². The first-order valence-electron chi connectivity index (χ1n) is 8.96. The smallest absolute Gasteiger partial charge is 0.429 e. The highest BCUT2D eigenvalue weighted by molar-refractivity contribution is 7.27. The van der Waals surface area contributed by atoms with Crippen LogP contribution < -0.4 is 10.0 Å². The van der Waals surface area contributed by atoms with E-state index in [0.717, 1.165) is 11.6 Å². The van der Waals surface area contributed by atoms with Crippen LogP contribution >= 0.6 is 9.24 Å². The fourth-order valence-electron chi connectivity index (χ4n) is 2.64. The molecular weight excluding hydrogens is 425 g/mol. The van der Waals surface area contributed by atoms with Gasteiger partial charge < -0.3 is 4.74 Å². The van der Waals surface area contributed by atoms with Gasteiger partial charge in [0.1, 0.15) is 17.1 Å². The Kier molecular flexibility index (Phi) is 7.54. The van der Waals surface area contributed by atoms with Gasteiger partial charge in [0.05, 0.1) is 0 Å². The minimum Gasteiger partial charge on any atom is -0.429 e. The molecule has 3 rings (SSSR count). The molecule has 0 aliphatic rings. The first kappa shape index (κ1) is 23.7. The van der Waals surface area contributed by atoms with Crippen molar-refractivity contribution >= 4 is 14.5 Å². The Labute approximate surface area is 172 Å². The second-order valence-corrected chi connectivity index (χ2v) is 6.73. The molecule has 0 aliphatic heterocycles. The van der Waals surface area contributed by atoms with E-state index in [0.29, 0.717) is 11.1 Å². The van der Waals surface area contributed by atoms with Crippen LogP contribution in [0.1, 0.15) is 25.0 Å². The molecule has 0 heterocycles. The SMILES string of the molecule is CC.Cc1ccc(-c2cc(F)c(C(F)(F)Oc3cc(F)c(F)c(F)c3)c(P)c2)cc1. The maximum atomic E-state index is 14.5. The van der Waals surface area contributed by atoms with Gasteiger partial charge in [-0.2, -0.15) is 8.78 Å². The molecule has 1 atom stereocenters. The van der Waals surface area contributed by atoms with Crippen LogP contribution in [0.5, 0.6) is 5.75 Å². The lowest BCUT2D eigenvalue weighted by molar-refractivity contribution is -0.186. The molecule has 0 bridgehead atoms. The summed E-state index contributed by atoms with van der Waals surface area (Å²) in [5.41, 5.74) is 0.844. The van der Waals surface area contributed by atoms with E-state index in [9.17, 15) is 26.3 Å². The summed E-state index contributed by atoms with van der Waals surface area (Å²) < 4.78 is 87.2. The van der Waals surface area contributed by atoms with Crippen molar-refractivity contribution in [1.29, 1.82) is 0 Å². The predicted molar refractivity (Wildman–Crippen MR) is 108 cm³/mol. The molecule has 0 radical (unpaired) electrons. The van der Waals surface area contributed by atoms with Crippen LogP contribution in [0.3, 0.4) is 0 Å². The Morgan fingerprint density at radius 1 is 0.767 bits per heavy atom. The number of aryl methyl sites for hydroxylation is 1. The molecule has 160 valence electrons. The van der Waals surface area contributed by atoms with Crippen molar-refractivity contribution in [2.75, 3.05) is 0 Å². The first-order chi connectivity index (χ1) is 14.1. The third-order valence-corrected chi connectivity index (χ3v) is 4.46. The van der Waals surface area contributed by atoms with Crippen LogP contribution in [0.15, 0.2) is 48.5 Å². The Morgan fingerprint density at radius 2 is 1.30 bits per heavy atom. The summed E-state index contributed by atoms with van der Waals surface area (Å²) in [6.45, 7) is 5.87. The van der Waals surface area contributed by atoms with Crippen molar-refractivity contribution < 1.29 is 31.1 Å². The minimum atomic E-state index is -4.26. The predicted octanol–water partition coefficient (Wildman–Crippen LogP) is 6.87. The number of alkyl halides is 2. The van der Waals surface area contributed by atoms with E-state index in [-0.39, 0.29) is 17.4 Å². The summed E-state index contributed by atoms with van der Waals surface area (Å²) in [4.78, 5) is 0. The van der Waals surface area contributed by atoms with Gasteiger partial charge in [0, 0.05) is 12.1 Å². The average molecular weight is 444 g/mol. The van der Waals surface area contributed by atoms with Crippen molar-refractivity contribution in [1.82, 2.24) is 0 Å². The van der Waals surface area contributed by atoms with Crippen molar-refractivity contribution in [2.45, 2.75) is 26.9 Å². The van der Waals surface area contributed by atoms with Gasteiger partial charge in [0.25, 0.3) is 0 Å². The largest absolute Gasteiger partial charge is 0.430 e. The topological polar surface area (TPSA) is 9.23 Å². The van der Waals surface area contributed by atoms with Gasteiger partial charge in [-0.15, -0.1) is 9.24 Å². The minimum absolute atomic E-state index is 0.205. The molecule has 0 N–H and O–H groups in total. The molecule has 0 saturated heterocycles. The maximum absolute atomic E-state index is 14.5. The number of benzene rings is 3. The first-order valence-corrected chi connectivity index (χ1v) is 9.54. The summed E-state index contributed by atoms with van der Waals surface area (Å²) in [5, 5.41) is -0.205. The van der Waals surface area contributed by atoms with Gasteiger partial charge in [-0.05, 0) is 35.5 Å². The second-order valence-electron chi connectivity index (χ2n) is 6.11. The second kappa shape index (κ2) is 9.52.